The smallest absolute Gasteiger partial charge is 0.321 e. The number of anilines is 2. The van der Waals surface area contributed by atoms with Crippen molar-refractivity contribution in [2.75, 3.05) is 23.7 Å². The number of hydrogen-bond donors (Lipinski definition) is 2. The van der Waals surface area contributed by atoms with E-state index >= 15 is 0 Å². The number of nitrogens with one attached hydrogen (secondary N) is 2. The lowest BCUT2D eigenvalue weighted by atomic mass is 10.1. The number of carbonyl (C=O) groups excluding carboxylic acids is 2. The van der Waals surface area contributed by atoms with Crippen molar-refractivity contribution < 1.29 is 14.0 Å². The molecule has 1 aliphatic carbocycles. The van der Waals surface area contributed by atoms with E-state index in [1.807, 2.05) is 0 Å². The maximum Gasteiger partial charge on any atom is 0.321 e. The molecular weight excluding hydrogens is 387 g/mol. The number of halogens is 1. The molecule has 0 atom stereocenters. The van der Waals surface area contributed by atoms with Crippen LogP contribution in [0.15, 0.2) is 36.8 Å². The summed E-state index contributed by atoms with van der Waals surface area (Å²) in [5.74, 6) is 0.0239. The number of benzene rings is 1. The molecule has 1 aliphatic heterocycles. The maximum atomic E-state index is 14.5. The van der Waals surface area contributed by atoms with Crippen molar-refractivity contribution in [2.24, 2.45) is 5.92 Å². The number of aromatic nitrogens is 3. The molecule has 2 N–H and O–H groups in total. The number of rotatable bonds is 4. The fourth-order valence-electron chi connectivity index (χ4n) is 3.59. The monoisotopic (exact) mass is 408 g/mol. The van der Waals surface area contributed by atoms with Crippen molar-refractivity contribution in [2.45, 2.75) is 25.7 Å². The SMILES string of the molecule is O=C(Nc1cnc2nc(-c3cc(NC(=O)N4CCCC4)ccc3F)cn2c1)C1CC1. The van der Waals surface area contributed by atoms with E-state index in [0.717, 1.165) is 38.8 Å². The van der Waals surface area contributed by atoms with Crippen molar-refractivity contribution in [3.63, 3.8) is 0 Å². The standard InChI is InChI=1S/C21H21FN6O2/c22-17-6-5-14(25-21(30)27-7-1-2-8-27)9-16(17)18-12-28-11-15(10-23-20(28)26-18)24-19(29)13-3-4-13/h5-6,9-13H,1-4,7-8H2,(H,24,29)(H,25,30). The molecule has 0 spiro atoms. The number of imidazole rings is 1. The normalized spacial score (nSPS) is 16.1. The fraction of sp³-hybridized carbons (Fsp3) is 0.333. The fourth-order valence-corrected chi connectivity index (χ4v) is 3.59. The van der Waals surface area contributed by atoms with Gasteiger partial charge >= 0.3 is 6.03 Å². The van der Waals surface area contributed by atoms with Crippen LogP contribution in [0.5, 0.6) is 0 Å². The number of carbonyl (C=O) groups is 2. The maximum absolute atomic E-state index is 14.5. The van der Waals surface area contributed by atoms with Crippen molar-refractivity contribution >= 4 is 29.1 Å². The molecule has 3 amide bonds. The first-order valence-electron chi connectivity index (χ1n) is 10.1. The van der Waals surface area contributed by atoms with Crippen LogP contribution in [0.2, 0.25) is 0 Å². The first-order chi connectivity index (χ1) is 14.6. The Morgan fingerprint density at radius 3 is 2.63 bits per heavy atom. The number of nitrogens with zero attached hydrogens (tertiary/aromatic N) is 4. The summed E-state index contributed by atoms with van der Waals surface area (Å²) in [7, 11) is 0. The predicted molar refractivity (Wildman–Crippen MR) is 110 cm³/mol. The first kappa shape index (κ1) is 18.5. The van der Waals surface area contributed by atoms with E-state index in [4.69, 9.17) is 0 Å². The summed E-state index contributed by atoms with van der Waals surface area (Å²) < 4.78 is 16.2. The molecule has 30 heavy (non-hydrogen) atoms. The molecule has 2 aliphatic rings. The summed E-state index contributed by atoms with van der Waals surface area (Å²) in [6.45, 7) is 1.47. The molecular formula is C21H21FN6O2. The van der Waals surface area contributed by atoms with Gasteiger partial charge in [0.2, 0.25) is 11.7 Å². The molecule has 8 nitrogen and oxygen atoms in total. The molecule has 154 valence electrons. The van der Waals surface area contributed by atoms with Gasteiger partial charge in [0.05, 0.1) is 17.6 Å². The number of urea groups is 1. The zero-order chi connectivity index (χ0) is 20.7. The number of hydrogen-bond acceptors (Lipinski definition) is 4. The van der Waals surface area contributed by atoms with Gasteiger partial charge in [0, 0.05) is 42.7 Å². The Kier molecular flexibility index (Phi) is 4.57. The highest BCUT2D eigenvalue weighted by Gasteiger charge is 2.29. The lowest BCUT2D eigenvalue weighted by Crippen LogP contribution is -2.32. The van der Waals surface area contributed by atoms with Crippen molar-refractivity contribution in [3.05, 3.63) is 42.6 Å². The van der Waals surface area contributed by atoms with Crippen molar-refractivity contribution in [3.8, 4) is 11.3 Å². The molecule has 1 saturated carbocycles. The Bertz CT molecular complexity index is 1130. The van der Waals surface area contributed by atoms with Gasteiger partial charge in [-0.25, -0.2) is 19.2 Å². The molecule has 1 aromatic carbocycles. The zero-order valence-electron chi connectivity index (χ0n) is 16.3. The molecule has 0 radical (unpaired) electrons. The Hall–Kier alpha value is -3.49. The van der Waals surface area contributed by atoms with Crippen LogP contribution in [0, 0.1) is 11.7 Å². The number of likely N-dealkylation sites (tertiary alicyclic amines) is 1. The van der Waals surface area contributed by atoms with E-state index in [1.54, 1.807) is 27.8 Å². The van der Waals surface area contributed by atoms with Gasteiger partial charge in [-0.15, -0.1) is 0 Å². The van der Waals surface area contributed by atoms with Crippen molar-refractivity contribution in [1.29, 1.82) is 0 Å². The Morgan fingerprint density at radius 2 is 1.87 bits per heavy atom. The molecule has 2 fully saturated rings. The summed E-state index contributed by atoms with van der Waals surface area (Å²) in [6, 6.07) is 4.23. The lowest BCUT2D eigenvalue weighted by molar-refractivity contribution is -0.117. The predicted octanol–water partition coefficient (Wildman–Crippen LogP) is 3.51. The summed E-state index contributed by atoms with van der Waals surface area (Å²) in [6.07, 6.45) is 8.73. The van der Waals surface area contributed by atoms with E-state index in [-0.39, 0.29) is 23.4 Å². The van der Waals surface area contributed by atoms with Gasteiger partial charge in [0.15, 0.2) is 0 Å². The highest BCUT2D eigenvalue weighted by molar-refractivity contribution is 5.94. The average molecular weight is 408 g/mol. The highest BCUT2D eigenvalue weighted by atomic mass is 19.1. The first-order valence-corrected chi connectivity index (χ1v) is 10.1. The number of fused-ring (bicyclic) bond motifs is 1. The van der Waals surface area contributed by atoms with Crippen LogP contribution in [-0.4, -0.2) is 44.3 Å². The average Bonchev–Trinajstić information content (AvgIpc) is 3.28. The minimum absolute atomic E-state index is 0.0102. The van der Waals surface area contributed by atoms with E-state index in [1.165, 1.54) is 18.3 Å². The second-order valence-electron chi connectivity index (χ2n) is 7.76. The molecule has 9 heteroatoms. The van der Waals surface area contributed by atoms with E-state index < -0.39 is 5.82 Å². The number of amides is 3. The zero-order valence-corrected chi connectivity index (χ0v) is 16.3. The lowest BCUT2D eigenvalue weighted by Gasteiger charge is -2.16. The second kappa shape index (κ2) is 7.40. The van der Waals surface area contributed by atoms with Crippen LogP contribution in [-0.2, 0) is 4.79 Å². The third-order valence-electron chi connectivity index (χ3n) is 5.41. The van der Waals surface area contributed by atoms with Gasteiger partial charge < -0.3 is 15.5 Å². The highest BCUT2D eigenvalue weighted by Crippen LogP contribution is 2.30. The van der Waals surface area contributed by atoms with Crippen LogP contribution in [0.1, 0.15) is 25.7 Å². The molecule has 3 aromatic rings. The molecule has 1 saturated heterocycles. The Morgan fingerprint density at radius 1 is 1.07 bits per heavy atom. The van der Waals surface area contributed by atoms with Gasteiger partial charge in [-0.2, -0.15) is 0 Å². The van der Waals surface area contributed by atoms with E-state index in [2.05, 4.69) is 20.6 Å². The summed E-state index contributed by atoms with van der Waals surface area (Å²) in [5.41, 5.74) is 1.73. The summed E-state index contributed by atoms with van der Waals surface area (Å²) in [5, 5.41) is 5.66. The minimum Gasteiger partial charge on any atom is -0.325 e. The van der Waals surface area contributed by atoms with Crippen LogP contribution >= 0.6 is 0 Å². The summed E-state index contributed by atoms with van der Waals surface area (Å²) in [4.78, 5) is 34.7. The van der Waals surface area contributed by atoms with E-state index in [0.29, 0.717) is 22.8 Å². The Balaban J connectivity index is 1.39. The largest absolute Gasteiger partial charge is 0.325 e. The Labute approximate surface area is 172 Å². The third kappa shape index (κ3) is 3.70. The topological polar surface area (TPSA) is 91.6 Å². The molecule has 5 rings (SSSR count). The van der Waals surface area contributed by atoms with Gasteiger partial charge in [-0.05, 0) is 43.9 Å². The van der Waals surface area contributed by atoms with Gasteiger partial charge in [0.1, 0.15) is 5.82 Å². The van der Waals surface area contributed by atoms with Crippen LogP contribution in [0.3, 0.4) is 0 Å². The summed E-state index contributed by atoms with van der Waals surface area (Å²) >= 11 is 0. The molecule has 3 heterocycles. The van der Waals surface area contributed by atoms with Gasteiger partial charge in [0.25, 0.3) is 0 Å². The molecule has 0 bridgehead atoms. The van der Waals surface area contributed by atoms with E-state index in [9.17, 15) is 14.0 Å². The van der Waals surface area contributed by atoms with Gasteiger partial charge in [-0.3, -0.25) is 9.20 Å². The minimum atomic E-state index is -0.445. The van der Waals surface area contributed by atoms with Crippen LogP contribution in [0.25, 0.3) is 17.0 Å². The van der Waals surface area contributed by atoms with Crippen LogP contribution < -0.4 is 10.6 Å². The quantitative estimate of drug-likeness (QED) is 0.691. The van der Waals surface area contributed by atoms with Crippen LogP contribution in [0.4, 0.5) is 20.6 Å². The second-order valence-corrected chi connectivity index (χ2v) is 7.76. The third-order valence-corrected chi connectivity index (χ3v) is 5.41. The molecule has 2 aromatic heterocycles. The van der Waals surface area contributed by atoms with Crippen molar-refractivity contribution in [1.82, 2.24) is 19.3 Å². The van der Waals surface area contributed by atoms with Gasteiger partial charge in [-0.1, -0.05) is 0 Å². The molecule has 0 unspecified atom stereocenters.